The third kappa shape index (κ3) is 3.36. The van der Waals surface area contributed by atoms with E-state index in [0.29, 0.717) is 13.0 Å². The van der Waals surface area contributed by atoms with E-state index in [1.54, 1.807) is 24.3 Å². The molecule has 1 fully saturated rings. The lowest BCUT2D eigenvalue weighted by molar-refractivity contribution is -0.149. The molecule has 21 heavy (non-hydrogen) atoms. The van der Waals surface area contributed by atoms with Crippen molar-refractivity contribution in [1.82, 2.24) is 5.32 Å². The molecule has 5 nitrogen and oxygen atoms in total. The molecule has 1 saturated heterocycles. The van der Waals surface area contributed by atoms with Crippen molar-refractivity contribution in [2.75, 3.05) is 20.3 Å². The number of aromatic hydroxyl groups is 1. The fraction of sp³-hybridized carbons (Fsp3) is 0.562. The minimum Gasteiger partial charge on any atom is -0.508 e. The van der Waals surface area contributed by atoms with Gasteiger partial charge in [-0.2, -0.15) is 0 Å². The van der Waals surface area contributed by atoms with E-state index in [1.165, 1.54) is 7.11 Å². The van der Waals surface area contributed by atoms with Gasteiger partial charge in [0.15, 0.2) is 0 Å². The summed E-state index contributed by atoms with van der Waals surface area (Å²) >= 11 is 0. The monoisotopic (exact) mass is 293 g/mol. The summed E-state index contributed by atoms with van der Waals surface area (Å²) in [7, 11) is 1.39. The van der Waals surface area contributed by atoms with Gasteiger partial charge in [-0.25, -0.2) is 4.79 Å². The van der Waals surface area contributed by atoms with E-state index in [0.717, 1.165) is 25.0 Å². The summed E-state index contributed by atoms with van der Waals surface area (Å²) in [5.74, 6) is -0.151. The minimum absolute atomic E-state index is 0.137. The molecule has 2 N–H and O–H groups in total. The number of hydrogen-bond acceptors (Lipinski definition) is 5. The Morgan fingerprint density at radius 3 is 2.71 bits per heavy atom. The summed E-state index contributed by atoms with van der Waals surface area (Å²) in [6.07, 6.45) is 2.75. The third-order valence-corrected chi connectivity index (χ3v) is 4.08. The van der Waals surface area contributed by atoms with Crippen molar-refractivity contribution in [1.29, 1.82) is 0 Å². The largest absolute Gasteiger partial charge is 0.508 e. The first kappa shape index (κ1) is 15.8. The lowest BCUT2D eigenvalue weighted by Gasteiger charge is -2.32. The Bertz CT molecular complexity index is 468. The molecule has 0 aromatic heterocycles. The number of hydrogen-bond donors (Lipinski definition) is 2. The molecule has 0 saturated carbocycles. The highest BCUT2D eigenvalue weighted by Crippen LogP contribution is 2.28. The van der Waals surface area contributed by atoms with Crippen molar-refractivity contribution in [3.63, 3.8) is 0 Å². The van der Waals surface area contributed by atoms with Gasteiger partial charge in [0, 0.05) is 13.2 Å². The van der Waals surface area contributed by atoms with Crippen molar-refractivity contribution in [2.45, 2.75) is 37.8 Å². The predicted octanol–water partition coefficient (Wildman–Crippen LogP) is 1.94. The van der Waals surface area contributed by atoms with Crippen LogP contribution in [0.1, 0.15) is 31.7 Å². The maximum Gasteiger partial charge on any atom is 0.330 e. The molecule has 116 valence electrons. The predicted molar refractivity (Wildman–Crippen MR) is 79.1 cm³/mol. The van der Waals surface area contributed by atoms with Crippen LogP contribution in [0.4, 0.5) is 0 Å². The lowest BCUT2D eigenvalue weighted by atomic mass is 9.86. The van der Waals surface area contributed by atoms with Crippen molar-refractivity contribution >= 4 is 5.97 Å². The second-order valence-electron chi connectivity index (χ2n) is 5.31. The molecule has 1 aliphatic heterocycles. The van der Waals surface area contributed by atoms with Gasteiger partial charge in [0.1, 0.15) is 11.3 Å². The molecule has 2 rings (SSSR count). The van der Waals surface area contributed by atoms with Crippen molar-refractivity contribution in [2.24, 2.45) is 0 Å². The molecule has 1 heterocycles. The first-order valence-corrected chi connectivity index (χ1v) is 7.37. The van der Waals surface area contributed by atoms with Crippen LogP contribution in [0.2, 0.25) is 0 Å². The minimum atomic E-state index is -0.908. The number of carbonyl (C=O) groups is 1. The van der Waals surface area contributed by atoms with Crippen LogP contribution in [-0.4, -0.2) is 37.4 Å². The van der Waals surface area contributed by atoms with Gasteiger partial charge < -0.3 is 14.6 Å². The molecule has 2 unspecified atom stereocenters. The molecular formula is C16H23NO4. The van der Waals surface area contributed by atoms with E-state index in [1.807, 2.05) is 6.92 Å². The Kier molecular flexibility index (Phi) is 5.20. The zero-order chi connectivity index (χ0) is 15.3. The average Bonchev–Trinajstić information content (AvgIpc) is 3.02. The summed E-state index contributed by atoms with van der Waals surface area (Å²) in [4.78, 5) is 12.4. The van der Waals surface area contributed by atoms with E-state index in [-0.39, 0.29) is 17.8 Å². The Morgan fingerprint density at radius 1 is 1.48 bits per heavy atom. The van der Waals surface area contributed by atoms with Crippen LogP contribution in [0.15, 0.2) is 24.3 Å². The van der Waals surface area contributed by atoms with Gasteiger partial charge in [-0.3, -0.25) is 5.32 Å². The van der Waals surface area contributed by atoms with Gasteiger partial charge in [0.25, 0.3) is 0 Å². The maximum atomic E-state index is 12.4. The SMILES string of the molecule is CCC(NCC1CCCO1)(C(=O)OC)c1ccc(O)cc1. The van der Waals surface area contributed by atoms with Gasteiger partial charge in [-0.15, -0.1) is 0 Å². The molecule has 1 aromatic rings. The highest BCUT2D eigenvalue weighted by molar-refractivity contribution is 5.82. The standard InChI is InChI=1S/C16H23NO4/c1-3-16(15(19)20-2,12-6-8-13(18)9-7-12)17-11-14-5-4-10-21-14/h6-9,14,17-18H,3-5,10-11H2,1-2H3. The number of nitrogens with one attached hydrogen (secondary N) is 1. The average molecular weight is 293 g/mol. The Morgan fingerprint density at radius 2 is 2.19 bits per heavy atom. The molecular weight excluding hydrogens is 270 g/mol. The van der Waals surface area contributed by atoms with Crippen LogP contribution in [-0.2, 0) is 19.8 Å². The molecule has 2 atom stereocenters. The molecule has 5 heteroatoms. The van der Waals surface area contributed by atoms with Crippen LogP contribution in [0.5, 0.6) is 5.75 Å². The van der Waals surface area contributed by atoms with Gasteiger partial charge in [-0.1, -0.05) is 19.1 Å². The number of methoxy groups -OCH3 is 1. The second-order valence-corrected chi connectivity index (χ2v) is 5.31. The van der Waals surface area contributed by atoms with E-state index in [4.69, 9.17) is 9.47 Å². The Labute approximate surface area is 125 Å². The third-order valence-electron chi connectivity index (χ3n) is 4.08. The number of phenolic OH excluding ortho intramolecular Hbond substituents is 1. The van der Waals surface area contributed by atoms with Crippen LogP contribution in [0.3, 0.4) is 0 Å². The highest BCUT2D eigenvalue weighted by atomic mass is 16.5. The highest BCUT2D eigenvalue weighted by Gasteiger charge is 2.40. The van der Waals surface area contributed by atoms with Gasteiger partial charge >= 0.3 is 5.97 Å². The molecule has 1 aromatic carbocycles. The zero-order valence-electron chi connectivity index (χ0n) is 12.6. The Hall–Kier alpha value is -1.59. The summed E-state index contributed by atoms with van der Waals surface area (Å²) in [6, 6.07) is 6.66. The van der Waals surface area contributed by atoms with Gasteiger partial charge in [0.2, 0.25) is 0 Å². The van der Waals surface area contributed by atoms with Crippen molar-refractivity contribution in [3.05, 3.63) is 29.8 Å². The number of rotatable bonds is 6. The second kappa shape index (κ2) is 6.91. The molecule has 0 spiro atoms. The van der Waals surface area contributed by atoms with Gasteiger partial charge in [-0.05, 0) is 37.0 Å². The van der Waals surface area contributed by atoms with Gasteiger partial charge in [0.05, 0.1) is 13.2 Å². The van der Waals surface area contributed by atoms with Crippen molar-refractivity contribution < 1.29 is 19.4 Å². The fourth-order valence-corrected chi connectivity index (χ4v) is 2.78. The normalized spacial score (nSPS) is 21.0. The number of carbonyl (C=O) groups excluding carboxylic acids is 1. The van der Waals surface area contributed by atoms with E-state index in [9.17, 15) is 9.90 Å². The number of esters is 1. The lowest BCUT2D eigenvalue weighted by Crippen LogP contribution is -2.51. The number of phenols is 1. The molecule has 0 aliphatic carbocycles. The first-order valence-electron chi connectivity index (χ1n) is 7.37. The van der Waals surface area contributed by atoms with Crippen molar-refractivity contribution in [3.8, 4) is 5.75 Å². The van der Waals surface area contributed by atoms with Crippen LogP contribution in [0.25, 0.3) is 0 Å². The summed E-state index contributed by atoms with van der Waals surface area (Å²) in [5.41, 5.74) is -0.123. The van der Waals surface area contributed by atoms with E-state index < -0.39 is 5.54 Å². The van der Waals surface area contributed by atoms with Crippen LogP contribution in [0, 0.1) is 0 Å². The topological polar surface area (TPSA) is 67.8 Å². The summed E-state index contributed by atoms with van der Waals surface area (Å²) in [5, 5.41) is 12.8. The van der Waals surface area contributed by atoms with Crippen LogP contribution < -0.4 is 5.32 Å². The maximum absolute atomic E-state index is 12.4. The smallest absolute Gasteiger partial charge is 0.330 e. The number of ether oxygens (including phenoxy) is 2. The fourth-order valence-electron chi connectivity index (χ4n) is 2.78. The quantitative estimate of drug-likeness (QED) is 0.785. The van der Waals surface area contributed by atoms with E-state index in [2.05, 4.69) is 5.32 Å². The van der Waals surface area contributed by atoms with E-state index >= 15 is 0 Å². The number of benzene rings is 1. The molecule has 0 bridgehead atoms. The Balaban J connectivity index is 2.23. The molecule has 1 aliphatic rings. The summed E-state index contributed by atoms with van der Waals surface area (Å²) < 4.78 is 10.6. The first-order chi connectivity index (χ1) is 10.1. The summed E-state index contributed by atoms with van der Waals surface area (Å²) in [6.45, 7) is 3.32. The molecule has 0 amide bonds. The molecule has 0 radical (unpaired) electrons. The zero-order valence-corrected chi connectivity index (χ0v) is 12.6. The van der Waals surface area contributed by atoms with Crippen LogP contribution >= 0.6 is 0 Å².